The Labute approximate surface area is 79.0 Å². The van der Waals surface area contributed by atoms with Gasteiger partial charge in [-0.1, -0.05) is 0 Å². The number of aliphatic hydroxyl groups is 1. The molecule has 1 heterocycles. The molecule has 0 spiro atoms. The van der Waals surface area contributed by atoms with Gasteiger partial charge in [0.05, 0.1) is 12.7 Å². The van der Waals surface area contributed by atoms with Gasteiger partial charge in [-0.15, -0.1) is 12.3 Å². The van der Waals surface area contributed by atoms with Crippen molar-refractivity contribution >= 4 is 0 Å². The van der Waals surface area contributed by atoms with E-state index < -0.39 is 11.9 Å². The molecule has 74 valence electrons. The summed E-state index contributed by atoms with van der Waals surface area (Å²) >= 11 is 0. The second-order valence-corrected chi connectivity index (χ2v) is 3.68. The molecule has 1 rings (SSSR count). The third-order valence-corrected chi connectivity index (χ3v) is 2.04. The highest BCUT2D eigenvalue weighted by Crippen LogP contribution is 2.25. The fraction of sp³-hybridized carbons (Fsp3) is 0.800. The van der Waals surface area contributed by atoms with E-state index >= 15 is 0 Å². The van der Waals surface area contributed by atoms with Crippen LogP contribution < -0.4 is 0 Å². The van der Waals surface area contributed by atoms with E-state index in [1.807, 2.05) is 13.8 Å². The van der Waals surface area contributed by atoms with Crippen molar-refractivity contribution in [2.45, 2.75) is 44.7 Å². The molecule has 0 aliphatic carbocycles. The first-order valence-corrected chi connectivity index (χ1v) is 4.48. The van der Waals surface area contributed by atoms with Gasteiger partial charge in [-0.05, 0) is 20.3 Å². The van der Waals surface area contributed by atoms with Gasteiger partial charge in [0.25, 0.3) is 0 Å². The molecule has 0 aromatic heterocycles. The van der Waals surface area contributed by atoms with Crippen molar-refractivity contribution in [2.24, 2.45) is 0 Å². The number of terminal acetylenes is 1. The van der Waals surface area contributed by atoms with E-state index in [0.717, 1.165) is 0 Å². The van der Waals surface area contributed by atoms with E-state index in [1.54, 1.807) is 0 Å². The van der Waals surface area contributed by atoms with Crippen molar-refractivity contribution in [3.8, 4) is 12.3 Å². The molecule has 0 aromatic carbocycles. The molecule has 0 saturated carbocycles. The lowest BCUT2D eigenvalue weighted by Crippen LogP contribution is -2.30. The smallest absolute Gasteiger partial charge is 0.163 e. The average Bonchev–Trinajstić information content (AvgIpc) is 2.42. The minimum Gasteiger partial charge on any atom is -0.390 e. The summed E-state index contributed by atoms with van der Waals surface area (Å²) in [4.78, 5) is 0. The van der Waals surface area contributed by atoms with Crippen LogP contribution in [0.25, 0.3) is 0 Å². The quantitative estimate of drug-likeness (QED) is 0.663. The Balaban J connectivity index is 2.34. The first-order valence-electron chi connectivity index (χ1n) is 4.48. The van der Waals surface area contributed by atoms with Gasteiger partial charge in [-0.2, -0.15) is 0 Å². The number of hydrogen-bond acceptors (Lipinski definition) is 3. The lowest BCUT2D eigenvalue weighted by Gasteiger charge is -2.19. The Morgan fingerprint density at radius 3 is 2.85 bits per heavy atom. The molecule has 0 radical (unpaired) electrons. The van der Waals surface area contributed by atoms with Gasteiger partial charge < -0.3 is 14.6 Å². The minimum absolute atomic E-state index is 0.233. The molecule has 13 heavy (non-hydrogen) atoms. The zero-order valence-electron chi connectivity index (χ0n) is 8.12. The fourth-order valence-electron chi connectivity index (χ4n) is 1.32. The van der Waals surface area contributed by atoms with Gasteiger partial charge >= 0.3 is 0 Å². The summed E-state index contributed by atoms with van der Waals surface area (Å²) in [5, 5.41) is 9.61. The first-order chi connectivity index (χ1) is 6.05. The van der Waals surface area contributed by atoms with Crippen LogP contribution in [0.15, 0.2) is 0 Å². The van der Waals surface area contributed by atoms with Gasteiger partial charge in [-0.3, -0.25) is 0 Å². The van der Waals surface area contributed by atoms with Crippen LogP contribution in [-0.2, 0) is 9.47 Å². The summed E-state index contributed by atoms with van der Waals surface area (Å²) in [6.07, 6.45) is 5.49. The fourth-order valence-corrected chi connectivity index (χ4v) is 1.32. The summed E-state index contributed by atoms with van der Waals surface area (Å²) in [5.74, 6) is 1.92. The van der Waals surface area contributed by atoms with Gasteiger partial charge in [0.1, 0.15) is 6.10 Å². The van der Waals surface area contributed by atoms with Crippen molar-refractivity contribution in [2.75, 3.05) is 6.61 Å². The summed E-state index contributed by atoms with van der Waals surface area (Å²) < 4.78 is 10.8. The highest BCUT2D eigenvalue weighted by atomic mass is 16.7. The maximum atomic E-state index is 9.61. The normalized spacial score (nSPS) is 28.3. The average molecular weight is 184 g/mol. The monoisotopic (exact) mass is 184 g/mol. The molecule has 3 nitrogen and oxygen atoms in total. The van der Waals surface area contributed by atoms with Gasteiger partial charge in [-0.25, -0.2) is 0 Å². The van der Waals surface area contributed by atoms with Gasteiger partial charge in [0.2, 0.25) is 0 Å². The van der Waals surface area contributed by atoms with Gasteiger partial charge in [0, 0.05) is 6.42 Å². The predicted octanol–water partition coefficient (Wildman–Crippen LogP) is 0.912. The summed E-state index contributed by atoms with van der Waals surface area (Å²) in [7, 11) is 0. The maximum absolute atomic E-state index is 9.61. The van der Waals surface area contributed by atoms with E-state index in [4.69, 9.17) is 15.9 Å². The SMILES string of the molecule is C#CCC[C@@H](O)[C@@H]1COC(C)(C)O1. The van der Waals surface area contributed by atoms with Crippen LogP contribution in [0.5, 0.6) is 0 Å². The largest absolute Gasteiger partial charge is 0.390 e. The number of rotatable bonds is 3. The van der Waals surface area contributed by atoms with Gasteiger partial charge in [0.15, 0.2) is 5.79 Å². The van der Waals surface area contributed by atoms with E-state index in [2.05, 4.69) is 5.92 Å². The van der Waals surface area contributed by atoms with Crippen molar-refractivity contribution in [1.82, 2.24) is 0 Å². The lowest BCUT2D eigenvalue weighted by atomic mass is 10.1. The molecular weight excluding hydrogens is 168 g/mol. The third kappa shape index (κ3) is 3.00. The number of hydrogen-bond donors (Lipinski definition) is 1. The highest BCUT2D eigenvalue weighted by molar-refractivity contribution is 4.87. The van der Waals surface area contributed by atoms with E-state index in [9.17, 15) is 5.11 Å². The van der Waals surface area contributed by atoms with Crippen molar-refractivity contribution in [3.05, 3.63) is 0 Å². The van der Waals surface area contributed by atoms with Crippen LogP contribution in [0.3, 0.4) is 0 Å². The molecule has 1 fully saturated rings. The second kappa shape index (κ2) is 4.10. The molecular formula is C10H16O3. The zero-order chi connectivity index (χ0) is 9.90. The first kappa shape index (κ1) is 10.5. The predicted molar refractivity (Wildman–Crippen MR) is 49.0 cm³/mol. The lowest BCUT2D eigenvalue weighted by molar-refractivity contribution is -0.151. The molecule has 1 saturated heterocycles. The van der Waals surface area contributed by atoms with Crippen molar-refractivity contribution < 1.29 is 14.6 Å². The Morgan fingerprint density at radius 1 is 1.69 bits per heavy atom. The molecule has 0 bridgehead atoms. The van der Waals surface area contributed by atoms with Crippen LogP contribution >= 0.6 is 0 Å². The van der Waals surface area contributed by atoms with E-state index in [-0.39, 0.29) is 6.10 Å². The van der Waals surface area contributed by atoms with Crippen LogP contribution in [-0.4, -0.2) is 29.7 Å². The second-order valence-electron chi connectivity index (χ2n) is 3.68. The Hall–Kier alpha value is -0.560. The molecule has 3 heteroatoms. The van der Waals surface area contributed by atoms with Crippen molar-refractivity contribution in [1.29, 1.82) is 0 Å². The zero-order valence-corrected chi connectivity index (χ0v) is 8.12. The minimum atomic E-state index is -0.568. The summed E-state index contributed by atoms with van der Waals surface area (Å²) in [6, 6.07) is 0. The standard InChI is InChI=1S/C10H16O3/c1-4-5-6-8(11)9-7-12-10(2,3)13-9/h1,8-9,11H,5-7H2,2-3H3/t8-,9+/m1/s1. The molecule has 2 atom stereocenters. The van der Waals surface area contributed by atoms with Crippen LogP contribution in [0.1, 0.15) is 26.7 Å². The van der Waals surface area contributed by atoms with E-state index in [1.165, 1.54) is 0 Å². The molecule has 0 unspecified atom stereocenters. The highest BCUT2D eigenvalue weighted by Gasteiger charge is 2.36. The van der Waals surface area contributed by atoms with E-state index in [0.29, 0.717) is 19.4 Å². The Bertz CT molecular complexity index is 205. The molecule has 1 N–H and O–H groups in total. The summed E-state index contributed by atoms with van der Waals surface area (Å²) in [6.45, 7) is 4.11. The summed E-state index contributed by atoms with van der Waals surface area (Å²) in [5.41, 5.74) is 0. The Kier molecular flexibility index (Phi) is 3.32. The molecule has 0 aromatic rings. The third-order valence-electron chi connectivity index (χ3n) is 2.04. The van der Waals surface area contributed by atoms with Crippen LogP contribution in [0, 0.1) is 12.3 Å². The van der Waals surface area contributed by atoms with Crippen LogP contribution in [0.2, 0.25) is 0 Å². The molecule has 1 aliphatic heterocycles. The molecule has 1 aliphatic rings. The number of aliphatic hydroxyl groups excluding tert-OH is 1. The maximum Gasteiger partial charge on any atom is 0.163 e. The topological polar surface area (TPSA) is 38.7 Å². The van der Waals surface area contributed by atoms with Crippen molar-refractivity contribution in [3.63, 3.8) is 0 Å². The molecule has 0 amide bonds. The van der Waals surface area contributed by atoms with Crippen LogP contribution in [0.4, 0.5) is 0 Å². The Morgan fingerprint density at radius 2 is 2.38 bits per heavy atom. The number of ether oxygens (including phenoxy) is 2.